The quantitative estimate of drug-likeness (QED) is 0.502. The van der Waals surface area contributed by atoms with Crippen LogP contribution in [0.3, 0.4) is 0 Å². The number of carbonyl (C=O) groups is 1. The number of aliphatic carboxylic acids is 1. The first kappa shape index (κ1) is 22.0. The number of hydrogen-bond acceptors (Lipinski definition) is 4. The standard InChI is InChI=1S/C28H29FN4O2/c1-32-16-23-26-21(22-15-19(29)4-7-24(22)32)8-11-30-28(26)31-27(23)18-9-12-33(13-10-18)20-5-2-17(3-6-20)14-25(34)35/h4,7-9,11,14-15,20H,2-3,5-6,10,12-13,16H2,1H3,(H,30,31)(H,34,35). The number of nitrogens with one attached hydrogen (secondary N) is 1. The number of halogens is 1. The first-order valence-electron chi connectivity index (χ1n) is 12.3. The second kappa shape index (κ2) is 8.64. The fourth-order valence-corrected chi connectivity index (χ4v) is 6.12. The number of hydrogen-bond donors (Lipinski definition) is 2. The summed E-state index contributed by atoms with van der Waals surface area (Å²) in [5, 5.41) is 10.1. The molecule has 6 nitrogen and oxygen atoms in total. The molecule has 7 heteroatoms. The average Bonchev–Trinajstić information content (AvgIpc) is 3.16. The molecule has 6 rings (SSSR count). The molecule has 0 radical (unpaired) electrons. The lowest BCUT2D eigenvalue weighted by molar-refractivity contribution is -0.131. The highest BCUT2D eigenvalue weighted by molar-refractivity contribution is 6.02. The highest BCUT2D eigenvalue weighted by Crippen LogP contribution is 2.43. The SMILES string of the molecule is CN1Cc2c(C3=CCN(C4CCC(=CC(=O)O)CC4)CC3)[nH]c3nccc(c23)-c2cc(F)ccc21. The van der Waals surface area contributed by atoms with Crippen LogP contribution in [0.1, 0.15) is 43.4 Å². The van der Waals surface area contributed by atoms with Crippen molar-refractivity contribution in [3.63, 3.8) is 0 Å². The van der Waals surface area contributed by atoms with E-state index in [2.05, 4.69) is 32.9 Å². The highest BCUT2D eigenvalue weighted by Gasteiger charge is 2.29. The third-order valence-corrected chi connectivity index (χ3v) is 7.86. The van der Waals surface area contributed by atoms with Crippen LogP contribution in [0.5, 0.6) is 0 Å². The maximum atomic E-state index is 14.2. The van der Waals surface area contributed by atoms with Crippen LogP contribution in [0.15, 0.2) is 48.2 Å². The van der Waals surface area contributed by atoms with E-state index >= 15 is 0 Å². The van der Waals surface area contributed by atoms with Crippen LogP contribution in [-0.2, 0) is 11.3 Å². The van der Waals surface area contributed by atoms with E-state index in [9.17, 15) is 9.18 Å². The van der Waals surface area contributed by atoms with Crippen molar-refractivity contribution in [2.24, 2.45) is 0 Å². The maximum Gasteiger partial charge on any atom is 0.328 e. The summed E-state index contributed by atoms with van der Waals surface area (Å²) in [5.41, 5.74) is 8.55. The van der Waals surface area contributed by atoms with Gasteiger partial charge in [-0.05, 0) is 67.5 Å². The van der Waals surface area contributed by atoms with E-state index < -0.39 is 5.97 Å². The molecule has 35 heavy (non-hydrogen) atoms. The van der Waals surface area contributed by atoms with Crippen LogP contribution in [0.25, 0.3) is 27.7 Å². The van der Waals surface area contributed by atoms with Crippen molar-refractivity contribution in [3.05, 3.63) is 65.3 Å². The summed E-state index contributed by atoms with van der Waals surface area (Å²) in [5.74, 6) is -1.07. The molecule has 1 fully saturated rings. The van der Waals surface area contributed by atoms with Crippen molar-refractivity contribution in [2.75, 3.05) is 25.0 Å². The van der Waals surface area contributed by atoms with Gasteiger partial charge in [-0.25, -0.2) is 14.2 Å². The van der Waals surface area contributed by atoms with Crippen LogP contribution < -0.4 is 4.90 Å². The van der Waals surface area contributed by atoms with Crippen molar-refractivity contribution in [1.82, 2.24) is 14.9 Å². The zero-order valence-corrected chi connectivity index (χ0v) is 19.9. The molecule has 0 bridgehead atoms. The lowest BCUT2D eigenvalue weighted by Crippen LogP contribution is -2.39. The van der Waals surface area contributed by atoms with Gasteiger partial charge in [-0.1, -0.05) is 11.6 Å². The fraction of sp³-hybridized carbons (Fsp3) is 0.357. The lowest BCUT2D eigenvalue weighted by Gasteiger charge is -2.37. The van der Waals surface area contributed by atoms with Crippen LogP contribution in [0.4, 0.5) is 10.1 Å². The predicted octanol–water partition coefficient (Wildman–Crippen LogP) is 5.36. The summed E-state index contributed by atoms with van der Waals surface area (Å²) in [6.45, 7) is 2.62. The molecular weight excluding hydrogens is 443 g/mol. The Morgan fingerprint density at radius 3 is 2.77 bits per heavy atom. The number of carboxylic acids is 1. The molecule has 3 aliphatic rings. The first-order chi connectivity index (χ1) is 17.0. The number of anilines is 1. The summed E-state index contributed by atoms with van der Waals surface area (Å²) in [4.78, 5) is 23.9. The number of fused-ring (bicyclic) bond motifs is 2. The molecule has 1 saturated carbocycles. The minimum Gasteiger partial charge on any atom is -0.478 e. The van der Waals surface area contributed by atoms with Crippen molar-refractivity contribution in [2.45, 2.75) is 44.7 Å². The number of aromatic amines is 1. The topological polar surface area (TPSA) is 72.5 Å². The molecule has 4 heterocycles. The van der Waals surface area contributed by atoms with Gasteiger partial charge in [-0.3, -0.25) is 4.90 Å². The third kappa shape index (κ3) is 3.93. The molecular formula is C28H29FN4O2. The van der Waals surface area contributed by atoms with E-state index in [1.807, 2.05) is 12.1 Å². The van der Waals surface area contributed by atoms with Crippen LogP contribution in [0.2, 0.25) is 0 Å². The summed E-state index contributed by atoms with van der Waals surface area (Å²) in [6, 6.07) is 7.52. The molecule has 0 amide bonds. The van der Waals surface area contributed by atoms with Gasteiger partial charge in [0.05, 0.1) is 0 Å². The average molecular weight is 473 g/mol. The zero-order chi connectivity index (χ0) is 24.1. The fourth-order valence-electron chi connectivity index (χ4n) is 6.12. The van der Waals surface area contributed by atoms with E-state index in [1.54, 1.807) is 12.3 Å². The summed E-state index contributed by atoms with van der Waals surface area (Å²) >= 11 is 0. The van der Waals surface area contributed by atoms with Crippen molar-refractivity contribution >= 4 is 28.3 Å². The number of aromatic nitrogens is 2. The molecule has 2 N–H and O–H groups in total. The van der Waals surface area contributed by atoms with E-state index in [0.29, 0.717) is 6.04 Å². The van der Waals surface area contributed by atoms with Crippen molar-refractivity contribution in [1.29, 1.82) is 0 Å². The lowest BCUT2D eigenvalue weighted by atomic mass is 9.88. The molecule has 0 saturated heterocycles. The number of pyridine rings is 1. The van der Waals surface area contributed by atoms with Crippen LogP contribution in [0, 0.1) is 5.82 Å². The molecule has 1 aliphatic carbocycles. The Kier molecular flexibility index (Phi) is 5.44. The Balaban J connectivity index is 1.29. The molecule has 0 spiro atoms. The Labute approximate surface area is 203 Å². The molecule has 3 aromatic rings. The molecule has 0 atom stereocenters. The minimum atomic E-state index is -0.835. The van der Waals surface area contributed by atoms with E-state index in [-0.39, 0.29) is 5.82 Å². The van der Waals surface area contributed by atoms with Gasteiger partial charge in [0, 0.05) is 72.9 Å². The third-order valence-electron chi connectivity index (χ3n) is 7.86. The van der Waals surface area contributed by atoms with Gasteiger partial charge < -0.3 is 15.0 Å². The van der Waals surface area contributed by atoms with Crippen LogP contribution >= 0.6 is 0 Å². The summed E-state index contributed by atoms with van der Waals surface area (Å²) < 4.78 is 14.2. The van der Waals surface area contributed by atoms with E-state index in [1.165, 1.54) is 23.3 Å². The predicted molar refractivity (Wildman–Crippen MR) is 136 cm³/mol. The van der Waals surface area contributed by atoms with Gasteiger partial charge in [0.2, 0.25) is 0 Å². The highest BCUT2D eigenvalue weighted by atomic mass is 19.1. The largest absolute Gasteiger partial charge is 0.478 e. The van der Waals surface area contributed by atoms with Gasteiger partial charge >= 0.3 is 5.97 Å². The van der Waals surface area contributed by atoms with Gasteiger partial charge in [-0.2, -0.15) is 0 Å². The number of nitrogens with zero attached hydrogens (tertiary/aromatic N) is 3. The molecule has 1 aromatic carbocycles. The Bertz CT molecular complexity index is 1380. The van der Waals surface area contributed by atoms with Crippen molar-refractivity contribution in [3.8, 4) is 11.1 Å². The number of carboxylic acid groups (broad SMARTS) is 1. The molecule has 2 aliphatic heterocycles. The molecule has 2 aromatic heterocycles. The van der Waals surface area contributed by atoms with E-state index in [4.69, 9.17) is 5.11 Å². The second-order valence-electron chi connectivity index (χ2n) is 9.92. The number of allylic oxidation sites excluding steroid dienone is 1. The zero-order valence-electron chi connectivity index (χ0n) is 19.9. The second-order valence-corrected chi connectivity index (χ2v) is 9.92. The monoisotopic (exact) mass is 472 g/mol. The van der Waals surface area contributed by atoms with Gasteiger partial charge in [0.1, 0.15) is 11.5 Å². The smallest absolute Gasteiger partial charge is 0.328 e. The van der Waals surface area contributed by atoms with Gasteiger partial charge in [0.25, 0.3) is 0 Å². The van der Waals surface area contributed by atoms with Crippen LogP contribution in [-0.4, -0.2) is 52.1 Å². The Hall–Kier alpha value is -3.45. The first-order valence-corrected chi connectivity index (χ1v) is 12.3. The van der Waals surface area contributed by atoms with Gasteiger partial charge in [-0.15, -0.1) is 0 Å². The summed E-state index contributed by atoms with van der Waals surface area (Å²) in [6.07, 6.45) is 10.3. The number of H-pyrrole nitrogens is 1. The Morgan fingerprint density at radius 1 is 1.20 bits per heavy atom. The van der Waals surface area contributed by atoms with Crippen molar-refractivity contribution < 1.29 is 14.3 Å². The maximum absolute atomic E-state index is 14.2. The number of rotatable bonds is 3. The number of benzene rings is 1. The minimum absolute atomic E-state index is 0.232. The normalized spacial score (nSPS) is 20.4. The molecule has 180 valence electrons. The van der Waals surface area contributed by atoms with E-state index in [0.717, 1.165) is 90.9 Å². The Morgan fingerprint density at radius 2 is 2.03 bits per heavy atom. The summed E-state index contributed by atoms with van der Waals surface area (Å²) in [7, 11) is 2.06. The van der Waals surface area contributed by atoms with Gasteiger partial charge in [0.15, 0.2) is 0 Å². The molecule has 0 unspecified atom stereocenters.